The zero-order valence-electron chi connectivity index (χ0n) is 19.4. The average Bonchev–Trinajstić information content (AvgIpc) is 3.30. The van der Waals surface area contributed by atoms with E-state index in [4.69, 9.17) is 0 Å². The van der Waals surface area contributed by atoms with Gasteiger partial charge < -0.3 is 9.80 Å². The number of likely N-dealkylation sites (N-methyl/N-ethyl adjacent to an activating group) is 1. The Bertz CT molecular complexity index is 1100. The number of fused-ring (bicyclic) bond motifs is 1. The van der Waals surface area contributed by atoms with Crippen LogP contribution in [0.3, 0.4) is 0 Å². The van der Waals surface area contributed by atoms with E-state index in [1.807, 2.05) is 39.9 Å². The Labute approximate surface area is 194 Å². The van der Waals surface area contributed by atoms with Crippen molar-refractivity contribution in [2.45, 2.75) is 57.0 Å². The van der Waals surface area contributed by atoms with E-state index in [2.05, 4.69) is 28.6 Å². The maximum absolute atomic E-state index is 13.2. The fraction of sp³-hybridized carbons (Fsp3) is 0.520. The first-order valence-electron chi connectivity index (χ1n) is 11.8. The van der Waals surface area contributed by atoms with Crippen molar-refractivity contribution < 1.29 is 14.2 Å². The van der Waals surface area contributed by atoms with Gasteiger partial charge in [-0.1, -0.05) is 6.42 Å². The number of carbonyl (C=O) groups is 2. The smallest absolute Gasteiger partial charge is 0.326 e. The minimum atomic E-state index is -0.355. The van der Waals surface area contributed by atoms with Crippen LogP contribution in [-0.2, 0) is 16.8 Å². The minimum absolute atomic E-state index is 0.0160. The Morgan fingerprint density at radius 1 is 1.21 bits per heavy atom. The third kappa shape index (κ3) is 3.71. The quantitative estimate of drug-likeness (QED) is 0.673. The molecule has 1 saturated heterocycles. The van der Waals surface area contributed by atoms with Gasteiger partial charge >= 0.3 is 5.82 Å². The van der Waals surface area contributed by atoms with Gasteiger partial charge in [0.2, 0.25) is 5.91 Å². The van der Waals surface area contributed by atoms with Crippen molar-refractivity contribution in [3.63, 3.8) is 0 Å². The van der Waals surface area contributed by atoms with Crippen LogP contribution in [-0.4, -0.2) is 74.0 Å². The molecule has 172 valence electrons. The lowest BCUT2D eigenvalue weighted by molar-refractivity contribution is -0.542. The Kier molecular flexibility index (Phi) is 5.46. The molecule has 5 rings (SSSR count). The van der Waals surface area contributed by atoms with Crippen molar-refractivity contribution in [1.29, 1.82) is 0 Å². The first-order valence-corrected chi connectivity index (χ1v) is 11.8. The van der Waals surface area contributed by atoms with Crippen LogP contribution in [0.2, 0.25) is 0 Å². The summed E-state index contributed by atoms with van der Waals surface area (Å²) in [6, 6.07) is 2.05. The zero-order valence-corrected chi connectivity index (χ0v) is 19.4. The molecule has 2 fully saturated rings. The van der Waals surface area contributed by atoms with Crippen LogP contribution < -0.4 is 0 Å². The standard InChI is InChI=1S/C25H31N6O2/c1-25(20-13-26-16-27-14-20)9-7-18-11-19(12-28-22(18)30(25)3)24(33)31-10-8-21(15-31)29(2)23(32)17-5-4-6-17/h11-14,16-17,21H,3-10,15H2,1-2H3/q+1/t21?,25-/m0/s1. The predicted octanol–water partition coefficient (Wildman–Crippen LogP) is 2.55. The number of hydrogen-bond donors (Lipinski definition) is 0. The van der Waals surface area contributed by atoms with Gasteiger partial charge in [0.15, 0.2) is 6.20 Å². The first-order chi connectivity index (χ1) is 15.9. The Morgan fingerprint density at radius 2 is 1.97 bits per heavy atom. The van der Waals surface area contributed by atoms with Crippen molar-refractivity contribution in [1.82, 2.24) is 24.8 Å². The number of pyridine rings is 1. The van der Waals surface area contributed by atoms with Crippen LogP contribution in [0, 0.1) is 5.92 Å². The van der Waals surface area contributed by atoms with Gasteiger partial charge in [-0.05, 0) is 50.1 Å². The van der Waals surface area contributed by atoms with E-state index in [0.717, 1.165) is 55.5 Å². The molecule has 8 nitrogen and oxygen atoms in total. The maximum Gasteiger partial charge on any atom is 0.326 e. The molecule has 8 heteroatoms. The minimum Gasteiger partial charge on any atom is -0.341 e. The highest BCUT2D eigenvalue weighted by molar-refractivity contribution is 5.94. The van der Waals surface area contributed by atoms with Gasteiger partial charge in [-0.3, -0.25) is 9.59 Å². The Morgan fingerprint density at radius 3 is 2.67 bits per heavy atom. The van der Waals surface area contributed by atoms with E-state index in [0.29, 0.717) is 18.7 Å². The summed E-state index contributed by atoms with van der Waals surface area (Å²) in [6.07, 6.45) is 12.4. The summed E-state index contributed by atoms with van der Waals surface area (Å²) in [5.41, 5.74) is 2.27. The summed E-state index contributed by atoms with van der Waals surface area (Å²) in [5, 5.41) is 0. The van der Waals surface area contributed by atoms with Crippen molar-refractivity contribution >= 4 is 24.3 Å². The fourth-order valence-electron chi connectivity index (χ4n) is 5.22. The topological polar surface area (TPSA) is 82.3 Å². The molecule has 33 heavy (non-hydrogen) atoms. The summed E-state index contributed by atoms with van der Waals surface area (Å²) >= 11 is 0. The van der Waals surface area contributed by atoms with Crippen molar-refractivity contribution in [3.05, 3.63) is 47.7 Å². The van der Waals surface area contributed by atoms with Crippen LogP contribution in [0.5, 0.6) is 0 Å². The number of rotatable bonds is 4. The fourth-order valence-corrected chi connectivity index (χ4v) is 5.22. The third-order valence-corrected chi connectivity index (χ3v) is 7.91. The second-order valence-corrected chi connectivity index (χ2v) is 9.81. The zero-order chi connectivity index (χ0) is 23.2. The molecule has 0 N–H and O–H groups in total. The normalized spacial score (nSPS) is 24.8. The number of likely N-dealkylation sites (tertiary alicyclic amines) is 1. The number of aryl methyl sites for hydroxylation is 1. The molecular formula is C25H31N6O2+. The number of carbonyl (C=O) groups excluding carboxylic acids is 2. The molecule has 2 atom stereocenters. The van der Waals surface area contributed by atoms with Gasteiger partial charge in [0.1, 0.15) is 11.9 Å². The SMILES string of the molecule is C=[N+]1c2ncc(C(=O)N3CCC(N(C)C(=O)C4CCC4)C3)cc2CC[C@@]1(C)c1cncnc1. The highest BCUT2D eigenvalue weighted by Gasteiger charge is 2.42. The molecule has 0 spiro atoms. The van der Waals surface area contributed by atoms with E-state index in [1.54, 1.807) is 6.20 Å². The van der Waals surface area contributed by atoms with Crippen molar-refractivity contribution in [2.75, 3.05) is 20.1 Å². The van der Waals surface area contributed by atoms with Crippen LogP contribution in [0.1, 0.15) is 60.5 Å². The highest BCUT2D eigenvalue weighted by atomic mass is 16.2. The molecule has 1 aliphatic carbocycles. The Balaban J connectivity index is 1.29. The molecule has 0 radical (unpaired) electrons. The second kappa shape index (κ2) is 8.32. The molecule has 4 heterocycles. The molecule has 0 aromatic carbocycles. The van der Waals surface area contributed by atoms with E-state index in [1.165, 1.54) is 6.33 Å². The van der Waals surface area contributed by atoms with Crippen LogP contribution >= 0.6 is 0 Å². The van der Waals surface area contributed by atoms with Crippen molar-refractivity contribution in [3.8, 4) is 0 Å². The third-order valence-electron chi connectivity index (χ3n) is 7.91. The monoisotopic (exact) mass is 447 g/mol. The van der Waals surface area contributed by atoms with Crippen LogP contribution in [0.15, 0.2) is 31.0 Å². The maximum atomic E-state index is 13.2. The number of amides is 2. The largest absolute Gasteiger partial charge is 0.341 e. The lowest BCUT2D eigenvalue weighted by atomic mass is 9.83. The summed E-state index contributed by atoms with van der Waals surface area (Å²) < 4.78 is 1.92. The van der Waals surface area contributed by atoms with Crippen LogP contribution in [0.4, 0.5) is 5.82 Å². The number of hydrogen-bond acceptors (Lipinski definition) is 5. The van der Waals surface area contributed by atoms with E-state index in [-0.39, 0.29) is 29.3 Å². The van der Waals surface area contributed by atoms with Gasteiger partial charge in [0, 0.05) is 49.6 Å². The molecule has 2 aromatic rings. The highest BCUT2D eigenvalue weighted by Crippen LogP contribution is 2.39. The van der Waals surface area contributed by atoms with Gasteiger partial charge in [-0.25, -0.2) is 14.5 Å². The summed E-state index contributed by atoms with van der Waals surface area (Å²) in [4.78, 5) is 42.5. The summed E-state index contributed by atoms with van der Waals surface area (Å²) in [5.74, 6) is 1.19. The van der Waals surface area contributed by atoms with Gasteiger partial charge in [0.25, 0.3) is 5.91 Å². The molecule has 2 aliphatic heterocycles. The molecule has 1 unspecified atom stereocenters. The molecule has 1 saturated carbocycles. The summed E-state index contributed by atoms with van der Waals surface area (Å²) in [7, 11) is 1.89. The second-order valence-electron chi connectivity index (χ2n) is 9.81. The number of aromatic nitrogens is 3. The summed E-state index contributed by atoms with van der Waals surface area (Å²) in [6.45, 7) is 7.64. The molecular weight excluding hydrogens is 416 g/mol. The molecule has 2 amide bonds. The van der Waals surface area contributed by atoms with E-state index < -0.39 is 0 Å². The Hall–Kier alpha value is -3.16. The van der Waals surface area contributed by atoms with Gasteiger partial charge in [-0.15, -0.1) is 0 Å². The first kappa shape index (κ1) is 21.7. The van der Waals surface area contributed by atoms with E-state index in [9.17, 15) is 9.59 Å². The van der Waals surface area contributed by atoms with Crippen LogP contribution in [0.25, 0.3) is 0 Å². The molecule has 3 aliphatic rings. The lowest BCUT2D eigenvalue weighted by Crippen LogP contribution is -2.44. The molecule has 2 aromatic heterocycles. The molecule has 0 bridgehead atoms. The van der Waals surface area contributed by atoms with Gasteiger partial charge in [0.05, 0.1) is 18.3 Å². The van der Waals surface area contributed by atoms with E-state index >= 15 is 0 Å². The number of nitrogens with zero attached hydrogens (tertiary/aromatic N) is 6. The van der Waals surface area contributed by atoms with Gasteiger partial charge in [-0.2, -0.15) is 0 Å². The predicted molar refractivity (Wildman–Crippen MR) is 123 cm³/mol. The average molecular weight is 448 g/mol. The lowest BCUT2D eigenvalue weighted by Gasteiger charge is -2.33. The van der Waals surface area contributed by atoms with Crippen molar-refractivity contribution in [2.24, 2.45) is 5.92 Å².